The maximum atomic E-state index is 12.7. The van der Waals surface area contributed by atoms with Gasteiger partial charge in [0.05, 0.1) is 22.7 Å². The lowest BCUT2D eigenvalue weighted by atomic mass is 9.99. The molecule has 1 amide bonds. The predicted octanol–water partition coefficient (Wildman–Crippen LogP) is 7.09. The maximum absolute atomic E-state index is 12.7. The van der Waals surface area contributed by atoms with Crippen LogP contribution in [0.25, 0.3) is 22.4 Å². The second-order valence-corrected chi connectivity index (χ2v) is 9.22. The molecular weight excluding hydrogens is 494 g/mol. The third kappa shape index (κ3) is 5.51. The van der Waals surface area contributed by atoms with Crippen molar-refractivity contribution in [3.63, 3.8) is 0 Å². The Balaban J connectivity index is 1.66. The number of aromatic nitrogens is 1. The number of nitrogens with zero attached hydrogens (tertiary/aromatic N) is 2. The third-order valence-corrected chi connectivity index (χ3v) is 6.62. The first kappa shape index (κ1) is 22.8. The highest BCUT2D eigenvalue weighted by atomic mass is 79.9. The molecule has 4 rings (SSSR count). The van der Waals surface area contributed by atoms with Crippen LogP contribution in [-0.2, 0) is 4.79 Å². The molecule has 0 fully saturated rings. The molecule has 1 heterocycles. The largest absolute Gasteiger partial charge is 0.324 e. The Hall–Kier alpha value is -3.40. The van der Waals surface area contributed by atoms with Gasteiger partial charge in [-0.3, -0.25) is 4.79 Å². The lowest BCUT2D eigenvalue weighted by molar-refractivity contribution is -0.113. The fraction of sp³-hybridized carbons (Fsp3) is 0.0741. The van der Waals surface area contributed by atoms with E-state index in [1.807, 2.05) is 91.9 Å². The highest BCUT2D eigenvalue weighted by Crippen LogP contribution is 2.34. The fourth-order valence-electron chi connectivity index (χ4n) is 3.38. The summed E-state index contributed by atoms with van der Waals surface area (Å²) in [5.41, 5.74) is 5.73. The lowest BCUT2D eigenvalue weighted by Gasteiger charge is -2.13. The molecule has 0 saturated heterocycles. The summed E-state index contributed by atoms with van der Waals surface area (Å²) in [5.74, 6) is -0.0318. The number of rotatable bonds is 6. The molecular formula is C27H20BrN3OS. The predicted molar refractivity (Wildman–Crippen MR) is 138 cm³/mol. The molecule has 6 heteroatoms. The van der Waals surface area contributed by atoms with Crippen LogP contribution in [0, 0.1) is 18.3 Å². The van der Waals surface area contributed by atoms with Gasteiger partial charge in [-0.2, -0.15) is 5.26 Å². The molecule has 162 valence electrons. The first-order valence-corrected chi connectivity index (χ1v) is 12.1. The number of benzene rings is 3. The van der Waals surface area contributed by atoms with E-state index in [4.69, 9.17) is 4.98 Å². The maximum Gasteiger partial charge on any atom is 0.234 e. The molecule has 1 aromatic heterocycles. The number of carbonyl (C=O) groups excluding carboxylic acids is 1. The van der Waals surface area contributed by atoms with Crippen molar-refractivity contribution in [2.24, 2.45) is 0 Å². The van der Waals surface area contributed by atoms with E-state index in [1.54, 1.807) is 0 Å². The van der Waals surface area contributed by atoms with Crippen LogP contribution < -0.4 is 5.32 Å². The summed E-state index contributed by atoms with van der Waals surface area (Å²) in [7, 11) is 0. The number of hydrogen-bond acceptors (Lipinski definition) is 4. The van der Waals surface area contributed by atoms with Crippen molar-refractivity contribution in [2.75, 3.05) is 11.1 Å². The highest BCUT2D eigenvalue weighted by Gasteiger charge is 2.17. The van der Waals surface area contributed by atoms with Crippen molar-refractivity contribution < 1.29 is 4.79 Å². The molecule has 0 aliphatic carbocycles. The van der Waals surface area contributed by atoms with Crippen LogP contribution in [0.5, 0.6) is 0 Å². The van der Waals surface area contributed by atoms with Gasteiger partial charge in [-0.15, -0.1) is 0 Å². The Morgan fingerprint density at radius 3 is 2.30 bits per heavy atom. The van der Waals surface area contributed by atoms with Crippen LogP contribution >= 0.6 is 27.7 Å². The summed E-state index contributed by atoms with van der Waals surface area (Å²) in [5, 5.41) is 13.4. The number of nitriles is 1. The second-order valence-electron chi connectivity index (χ2n) is 7.40. The Labute approximate surface area is 205 Å². The molecule has 0 unspecified atom stereocenters. The van der Waals surface area contributed by atoms with Gasteiger partial charge in [0.1, 0.15) is 11.1 Å². The molecule has 0 radical (unpaired) electrons. The Kier molecular flexibility index (Phi) is 7.23. The monoisotopic (exact) mass is 513 g/mol. The minimum atomic E-state index is -0.165. The summed E-state index contributed by atoms with van der Waals surface area (Å²) in [4.78, 5) is 17.4. The minimum absolute atomic E-state index is 0.133. The van der Waals surface area contributed by atoms with Gasteiger partial charge in [-0.25, -0.2) is 4.98 Å². The van der Waals surface area contributed by atoms with Crippen molar-refractivity contribution in [3.05, 3.63) is 101 Å². The van der Waals surface area contributed by atoms with E-state index in [2.05, 4.69) is 27.3 Å². The van der Waals surface area contributed by atoms with Crippen LogP contribution in [0.1, 0.15) is 11.1 Å². The molecule has 0 atom stereocenters. The number of nitrogens with one attached hydrogen (secondary N) is 1. The number of halogens is 1. The van der Waals surface area contributed by atoms with E-state index in [0.717, 1.165) is 32.4 Å². The first-order chi connectivity index (χ1) is 16.0. The number of aryl methyl sites for hydroxylation is 1. The SMILES string of the molecule is Cc1ccc(NC(=O)CSc2nc(-c3ccccc3)cc(-c3ccccc3)c2C#N)c(Br)c1. The standard InChI is InChI=1S/C27H20BrN3OS/c1-18-12-13-24(23(28)14-18)30-26(32)17-33-27-22(16-29)21(19-8-4-2-5-9-19)15-25(31-27)20-10-6-3-7-11-20/h2-15H,17H2,1H3,(H,30,32). The highest BCUT2D eigenvalue weighted by molar-refractivity contribution is 9.10. The van der Waals surface area contributed by atoms with Crippen molar-refractivity contribution in [1.82, 2.24) is 4.98 Å². The van der Waals surface area contributed by atoms with Gasteiger partial charge < -0.3 is 5.32 Å². The zero-order valence-electron chi connectivity index (χ0n) is 17.9. The Bertz CT molecular complexity index is 1340. The van der Waals surface area contributed by atoms with E-state index in [9.17, 15) is 10.1 Å². The van der Waals surface area contributed by atoms with Gasteiger partial charge >= 0.3 is 0 Å². The van der Waals surface area contributed by atoms with Gasteiger partial charge in [0.2, 0.25) is 5.91 Å². The first-order valence-electron chi connectivity index (χ1n) is 10.3. The number of amides is 1. The van der Waals surface area contributed by atoms with E-state index in [-0.39, 0.29) is 11.7 Å². The lowest BCUT2D eigenvalue weighted by Crippen LogP contribution is -2.14. The number of pyridine rings is 1. The van der Waals surface area contributed by atoms with Crippen molar-refractivity contribution in [1.29, 1.82) is 5.26 Å². The summed E-state index contributed by atoms with van der Waals surface area (Å²) in [6, 6.07) is 29.6. The zero-order chi connectivity index (χ0) is 23.2. The van der Waals surface area contributed by atoms with Crippen LogP contribution in [0.4, 0.5) is 5.69 Å². The summed E-state index contributed by atoms with van der Waals surface area (Å²) < 4.78 is 0.828. The summed E-state index contributed by atoms with van der Waals surface area (Å²) in [6.07, 6.45) is 0. The normalized spacial score (nSPS) is 10.5. The Morgan fingerprint density at radius 1 is 1.00 bits per heavy atom. The molecule has 0 aliphatic heterocycles. The molecule has 0 spiro atoms. The van der Waals surface area contributed by atoms with E-state index < -0.39 is 0 Å². The summed E-state index contributed by atoms with van der Waals surface area (Å²) >= 11 is 4.75. The van der Waals surface area contributed by atoms with Gasteiger partial charge in [0.25, 0.3) is 0 Å². The average Bonchev–Trinajstić information content (AvgIpc) is 2.85. The molecule has 4 nitrogen and oxygen atoms in total. The van der Waals surface area contributed by atoms with Crippen LogP contribution in [0.15, 0.2) is 94.4 Å². The van der Waals surface area contributed by atoms with E-state index in [1.165, 1.54) is 11.8 Å². The molecule has 4 aromatic rings. The topological polar surface area (TPSA) is 65.8 Å². The number of thioether (sulfide) groups is 1. The van der Waals surface area contributed by atoms with E-state index >= 15 is 0 Å². The molecule has 0 aliphatic rings. The quantitative estimate of drug-likeness (QED) is 0.279. The average molecular weight is 514 g/mol. The number of carbonyl (C=O) groups is 1. The number of anilines is 1. The molecule has 3 aromatic carbocycles. The van der Waals surface area contributed by atoms with E-state index in [0.29, 0.717) is 16.3 Å². The zero-order valence-corrected chi connectivity index (χ0v) is 20.3. The minimum Gasteiger partial charge on any atom is -0.324 e. The van der Waals surface area contributed by atoms with Crippen LogP contribution in [-0.4, -0.2) is 16.6 Å². The molecule has 33 heavy (non-hydrogen) atoms. The van der Waals surface area contributed by atoms with Gasteiger partial charge in [0, 0.05) is 15.6 Å². The van der Waals surface area contributed by atoms with Gasteiger partial charge in [-0.1, -0.05) is 78.5 Å². The summed E-state index contributed by atoms with van der Waals surface area (Å²) in [6.45, 7) is 1.99. The van der Waals surface area contributed by atoms with Crippen molar-refractivity contribution >= 4 is 39.3 Å². The van der Waals surface area contributed by atoms with Crippen LogP contribution in [0.2, 0.25) is 0 Å². The fourth-order valence-corrected chi connectivity index (χ4v) is 4.77. The molecule has 0 bridgehead atoms. The van der Waals surface area contributed by atoms with Crippen LogP contribution in [0.3, 0.4) is 0 Å². The molecule has 0 saturated carbocycles. The third-order valence-electron chi connectivity index (χ3n) is 4.99. The second kappa shape index (κ2) is 10.5. The smallest absolute Gasteiger partial charge is 0.234 e. The Morgan fingerprint density at radius 2 is 1.67 bits per heavy atom. The number of hydrogen-bond donors (Lipinski definition) is 1. The molecule has 1 N–H and O–H groups in total. The van der Waals surface area contributed by atoms with Gasteiger partial charge in [-0.05, 0) is 52.2 Å². The van der Waals surface area contributed by atoms with Crippen molar-refractivity contribution in [3.8, 4) is 28.5 Å². The van der Waals surface area contributed by atoms with Gasteiger partial charge in [0.15, 0.2) is 0 Å². The van der Waals surface area contributed by atoms with Crippen molar-refractivity contribution in [2.45, 2.75) is 11.9 Å².